The van der Waals surface area contributed by atoms with E-state index in [4.69, 9.17) is 0 Å². The summed E-state index contributed by atoms with van der Waals surface area (Å²) >= 11 is 0. The fraction of sp³-hybridized carbons (Fsp3) is 0.750. The summed E-state index contributed by atoms with van der Waals surface area (Å²) in [6.45, 7) is 10.5. The van der Waals surface area contributed by atoms with Crippen molar-refractivity contribution in [2.45, 2.75) is 52.8 Å². The molecule has 0 rings (SSSR count). The average molecular weight is 194 g/mol. The van der Waals surface area contributed by atoms with Crippen molar-refractivity contribution in [3.63, 3.8) is 0 Å². The Morgan fingerprint density at radius 1 is 1.36 bits per heavy atom. The molecule has 0 unspecified atom stereocenters. The van der Waals surface area contributed by atoms with Crippen molar-refractivity contribution in [3.05, 3.63) is 11.6 Å². The third kappa shape index (κ3) is 4.12. The van der Waals surface area contributed by atoms with Crippen LogP contribution in [0, 0.1) is 5.92 Å². The van der Waals surface area contributed by atoms with E-state index in [-0.39, 0.29) is 11.2 Å². The van der Waals surface area contributed by atoms with E-state index in [1.54, 1.807) is 0 Å². The Hall–Kier alpha value is -0.525. The quantitative estimate of drug-likeness (QED) is 0.485. The third-order valence-electron chi connectivity index (χ3n) is 2.93. The molecule has 0 bridgehead atoms. The smallest absolute Gasteiger partial charge is 0.158 e. The molecule has 0 radical (unpaired) electrons. The van der Waals surface area contributed by atoms with Gasteiger partial charge in [0.25, 0.3) is 0 Å². The number of carbonyl (C=O) groups excluding carboxylic acids is 1. The van der Waals surface area contributed by atoms with Crippen LogP contribution in [0.5, 0.6) is 0 Å². The predicted octanol–water partition coefficient (Wildman–Crippen LogP) is 2.77. The molecule has 0 aromatic carbocycles. The van der Waals surface area contributed by atoms with Gasteiger partial charge in [-0.15, -0.1) is 0 Å². The molecule has 0 saturated heterocycles. The van der Waals surface area contributed by atoms with Gasteiger partial charge in [0.15, 0.2) is 5.78 Å². The van der Waals surface area contributed by atoms with E-state index < -0.39 is 0 Å². The van der Waals surface area contributed by atoms with E-state index in [1.807, 2.05) is 13.0 Å². The first-order valence-electron chi connectivity index (χ1n) is 5.55. The summed E-state index contributed by atoms with van der Waals surface area (Å²) in [5.41, 5.74) is 1.18. The molecule has 2 heteroatoms. The van der Waals surface area contributed by atoms with Gasteiger partial charge in [0.05, 0.1) is 0 Å². The lowest BCUT2D eigenvalue weighted by Crippen LogP contribution is -2.13. The summed E-state index contributed by atoms with van der Waals surface area (Å²) in [4.78, 5) is 11.8. The number of allylic oxidation sites excluding steroid dienone is 2. The summed E-state index contributed by atoms with van der Waals surface area (Å²) < 4.78 is 0. The van der Waals surface area contributed by atoms with Gasteiger partial charge in [-0.25, -0.2) is 0 Å². The van der Waals surface area contributed by atoms with Gasteiger partial charge in [-0.2, -0.15) is 0 Å². The lowest BCUT2D eigenvalue weighted by Gasteiger charge is -2.20. The van der Waals surface area contributed by atoms with E-state index >= 15 is 0 Å². The molecule has 0 atom stereocenters. The Labute approximate surface area is 89.4 Å². The molecule has 0 aliphatic rings. The number of carbonyl (C=O) groups is 1. The van der Waals surface area contributed by atoms with Gasteiger partial charge in [0.1, 0.15) is 7.85 Å². The first kappa shape index (κ1) is 13.5. The Morgan fingerprint density at radius 2 is 1.79 bits per heavy atom. The Kier molecular flexibility index (Phi) is 5.18. The highest BCUT2D eigenvalue weighted by Crippen LogP contribution is 2.29. The molecular weight excluding hydrogens is 171 g/mol. The Bertz CT molecular complexity index is 219. The van der Waals surface area contributed by atoms with Gasteiger partial charge in [-0.1, -0.05) is 33.3 Å². The molecule has 0 fully saturated rings. The summed E-state index contributed by atoms with van der Waals surface area (Å²) in [5, 5.41) is 0.113. The van der Waals surface area contributed by atoms with Crippen molar-refractivity contribution in [1.29, 1.82) is 0 Å². The number of ketones is 1. The highest BCUT2D eigenvalue weighted by Gasteiger charge is 2.17. The Morgan fingerprint density at radius 3 is 2.07 bits per heavy atom. The van der Waals surface area contributed by atoms with Crippen LogP contribution < -0.4 is 0 Å². The number of hydrogen-bond acceptors (Lipinski definition) is 1. The maximum absolute atomic E-state index is 11.8. The van der Waals surface area contributed by atoms with E-state index in [1.165, 1.54) is 5.57 Å². The van der Waals surface area contributed by atoms with Gasteiger partial charge < -0.3 is 0 Å². The first-order chi connectivity index (χ1) is 6.32. The predicted molar refractivity (Wildman–Crippen MR) is 65.4 cm³/mol. The monoisotopic (exact) mass is 194 g/mol. The van der Waals surface area contributed by atoms with Gasteiger partial charge in [0, 0.05) is 5.92 Å². The molecule has 14 heavy (non-hydrogen) atoms. The van der Waals surface area contributed by atoms with E-state index in [0.29, 0.717) is 5.78 Å². The SMILES string of the molecule is BC(C)(C)/C(C)=C/C(=O)C(CC)CC. The summed E-state index contributed by atoms with van der Waals surface area (Å²) in [6.07, 6.45) is 3.73. The topological polar surface area (TPSA) is 17.1 Å². The molecule has 0 saturated carbocycles. The van der Waals surface area contributed by atoms with Crippen LogP contribution in [-0.4, -0.2) is 13.6 Å². The van der Waals surface area contributed by atoms with Gasteiger partial charge in [-0.05, 0) is 31.2 Å². The molecule has 1 nitrogen and oxygen atoms in total. The summed E-state index contributed by atoms with van der Waals surface area (Å²) in [5.74, 6) is 0.509. The minimum Gasteiger partial charge on any atom is -0.295 e. The lowest BCUT2D eigenvalue weighted by molar-refractivity contribution is -0.118. The number of rotatable bonds is 5. The first-order valence-corrected chi connectivity index (χ1v) is 5.55. The average Bonchev–Trinajstić information content (AvgIpc) is 2.04. The van der Waals surface area contributed by atoms with Gasteiger partial charge in [-0.3, -0.25) is 4.79 Å². The molecule has 0 aliphatic heterocycles. The van der Waals surface area contributed by atoms with Crippen LogP contribution in [0.3, 0.4) is 0 Å². The standard InChI is InChI=1S/C12H23BO/c1-6-10(7-2)11(14)8-9(3)12(4,5)13/h8,10H,6-7,13H2,1-5H3/b9-8+. The molecule has 0 heterocycles. The maximum atomic E-state index is 11.8. The molecule has 0 N–H and O–H groups in total. The van der Waals surface area contributed by atoms with Crippen molar-refractivity contribution in [1.82, 2.24) is 0 Å². The lowest BCUT2D eigenvalue weighted by atomic mass is 9.67. The molecule has 0 amide bonds. The van der Waals surface area contributed by atoms with E-state index in [0.717, 1.165) is 12.8 Å². The molecule has 80 valence electrons. The van der Waals surface area contributed by atoms with E-state index in [2.05, 4.69) is 35.5 Å². The van der Waals surface area contributed by atoms with Crippen LogP contribution in [0.1, 0.15) is 47.5 Å². The summed E-state index contributed by atoms with van der Waals surface area (Å²) in [6, 6.07) is 0. The second kappa shape index (κ2) is 5.38. The molecule has 0 aliphatic carbocycles. The zero-order chi connectivity index (χ0) is 11.4. The molecule has 0 aromatic rings. The highest BCUT2D eigenvalue weighted by atomic mass is 16.1. The van der Waals surface area contributed by atoms with Crippen LogP contribution >= 0.6 is 0 Å². The van der Waals surface area contributed by atoms with Crippen molar-refractivity contribution in [2.75, 3.05) is 0 Å². The third-order valence-corrected chi connectivity index (χ3v) is 2.93. The van der Waals surface area contributed by atoms with Gasteiger partial charge in [0.2, 0.25) is 0 Å². The summed E-state index contributed by atoms with van der Waals surface area (Å²) in [7, 11) is 2.14. The minimum atomic E-state index is 0.113. The highest BCUT2D eigenvalue weighted by molar-refractivity contribution is 6.17. The van der Waals surface area contributed by atoms with E-state index in [9.17, 15) is 4.79 Å². The van der Waals surface area contributed by atoms with Crippen molar-refractivity contribution in [3.8, 4) is 0 Å². The van der Waals surface area contributed by atoms with Crippen molar-refractivity contribution >= 4 is 13.6 Å². The fourth-order valence-corrected chi connectivity index (χ4v) is 1.24. The van der Waals surface area contributed by atoms with Crippen LogP contribution in [0.4, 0.5) is 0 Å². The Balaban J connectivity index is 4.58. The minimum absolute atomic E-state index is 0.113. The van der Waals surface area contributed by atoms with Crippen LogP contribution in [0.2, 0.25) is 5.31 Å². The number of hydrogen-bond donors (Lipinski definition) is 0. The van der Waals surface area contributed by atoms with Gasteiger partial charge >= 0.3 is 0 Å². The zero-order valence-corrected chi connectivity index (χ0v) is 10.5. The zero-order valence-electron chi connectivity index (χ0n) is 10.5. The van der Waals surface area contributed by atoms with Crippen LogP contribution in [0.25, 0.3) is 0 Å². The van der Waals surface area contributed by atoms with Crippen LogP contribution in [-0.2, 0) is 4.79 Å². The second-order valence-electron chi connectivity index (χ2n) is 4.99. The maximum Gasteiger partial charge on any atom is 0.158 e. The second-order valence-corrected chi connectivity index (χ2v) is 4.99. The van der Waals surface area contributed by atoms with Crippen molar-refractivity contribution in [2.24, 2.45) is 5.92 Å². The fourth-order valence-electron chi connectivity index (χ4n) is 1.24. The molecular formula is C12H23BO. The van der Waals surface area contributed by atoms with Crippen molar-refractivity contribution < 1.29 is 4.79 Å². The molecule has 0 spiro atoms. The largest absolute Gasteiger partial charge is 0.295 e. The normalized spacial score (nSPS) is 13.4. The molecule has 0 aromatic heterocycles. The van der Waals surface area contributed by atoms with Crippen LogP contribution in [0.15, 0.2) is 11.6 Å².